The Morgan fingerprint density at radius 2 is 1.80 bits per heavy atom. The second kappa shape index (κ2) is 6.10. The molecule has 4 nitrogen and oxygen atoms in total. The fourth-order valence-corrected chi connectivity index (χ4v) is 2.90. The number of nitrogens with zero attached hydrogens (tertiary/aromatic N) is 1. The standard InChI is InChI=1S/C15H27FN2O2/c1-6-15(7-2)13(20)17-11(14(3,4)5)12(19)18(15)10-8-9-16/h11H,6-10H2,1-5H3,(H,17,20). The number of alkyl halides is 1. The van der Waals surface area contributed by atoms with Gasteiger partial charge in [0.15, 0.2) is 0 Å². The zero-order chi connectivity index (χ0) is 15.6. The number of piperazine rings is 1. The van der Waals surface area contributed by atoms with Gasteiger partial charge in [0.2, 0.25) is 11.8 Å². The number of hydrogen-bond donors (Lipinski definition) is 1. The van der Waals surface area contributed by atoms with Gasteiger partial charge in [-0.2, -0.15) is 0 Å². The van der Waals surface area contributed by atoms with Crippen LogP contribution >= 0.6 is 0 Å². The van der Waals surface area contributed by atoms with E-state index < -0.39 is 18.3 Å². The number of halogens is 1. The highest BCUT2D eigenvalue weighted by atomic mass is 19.1. The fourth-order valence-electron chi connectivity index (χ4n) is 2.90. The summed E-state index contributed by atoms with van der Waals surface area (Å²) in [6.45, 7) is 9.40. The first-order valence-corrected chi connectivity index (χ1v) is 7.43. The van der Waals surface area contributed by atoms with Gasteiger partial charge in [0.1, 0.15) is 11.6 Å². The highest BCUT2D eigenvalue weighted by molar-refractivity contribution is 6.00. The van der Waals surface area contributed by atoms with Crippen molar-refractivity contribution in [2.75, 3.05) is 13.2 Å². The molecule has 0 spiro atoms. The minimum absolute atomic E-state index is 0.0887. The van der Waals surface area contributed by atoms with Gasteiger partial charge in [-0.1, -0.05) is 34.6 Å². The van der Waals surface area contributed by atoms with Gasteiger partial charge in [0.25, 0.3) is 0 Å². The SMILES string of the molecule is CCC1(CC)C(=O)NC(C(C)(C)C)C(=O)N1CCCF. The van der Waals surface area contributed by atoms with Crippen molar-refractivity contribution < 1.29 is 14.0 Å². The quantitative estimate of drug-likeness (QED) is 0.843. The van der Waals surface area contributed by atoms with Crippen LogP contribution in [0.15, 0.2) is 0 Å². The van der Waals surface area contributed by atoms with Crippen LogP contribution in [0.2, 0.25) is 0 Å². The summed E-state index contributed by atoms with van der Waals surface area (Å²) in [4.78, 5) is 26.9. The summed E-state index contributed by atoms with van der Waals surface area (Å²) in [5, 5.41) is 2.88. The van der Waals surface area contributed by atoms with E-state index in [4.69, 9.17) is 0 Å². The maximum Gasteiger partial charge on any atom is 0.246 e. The third-order valence-electron chi connectivity index (χ3n) is 4.28. The predicted octanol–water partition coefficient (Wildman–Crippen LogP) is 2.28. The molecule has 116 valence electrons. The van der Waals surface area contributed by atoms with Crippen molar-refractivity contribution in [1.29, 1.82) is 0 Å². The van der Waals surface area contributed by atoms with Crippen LogP contribution in [0.4, 0.5) is 4.39 Å². The Labute approximate surface area is 121 Å². The van der Waals surface area contributed by atoms with Gasteiger partial charge in [-0.15, -0.1) is 0 Å². The topological polar surface area (TPSA) is 49.4 Å². The lowest BCUT2D eigenvalue weighted by molar-refractivity contribution is -0.161. The molecule has 0 aromatic rings. The lowest BCUT2D eigenvalue weighted by Crippen LogP contribution is -2.72. The molecule has 1 heterocycles. The van der Waals surface area contributed by atoms with Gasteiger partial charge in [-0.05, 0) is 24.7 Å². The molecule has 1 unspecified atom stereocenters. The van der Waals surface area contributed by atoms with Gasteiger partial charge in [-0.3, -0.25) is 14.0 Å². The second-order valence-electron chi connectivity index (χ2n) is 6.54. The van der Waals surface area contributed by atoms with Crippen molar-refractivity contribution in [3.8, 4) is 0 Å². The van der Waals surface area contributed by atoms with Crippen LogP contribution in [0.1, 0.15) is 53.9 Å². The summed E-state index contributed by atoms with van der Waals surface area (Å²) in [5.41, 5.74) is -1.18. The van der Waals surface area contributed by atoms with Gasteiger partial charge < -0.3 is 10.2 Å². The molecule has 2 amide bonds. The summed E-state index contributed by atoms with van der Waals surface area (Å²) in [7, 11) is 0. The number of carbonyl (C=O) groups is 2. The van der Waals surface area contributed by atoms with E-state index in [1.54, 1.807) is 4.90 Å². The van der Waals surface area contributed by atoms with E-state index in [0.29, 0.717) is 19.4 Å². The van der Waals surface area contributed by atoms with E-state index in [2.05, 4.69) is 5.32 Å². The minimum Gasteiger partial charge on any atom is -0.342 e. The van der Waals surface area contributed by atoms with E-state index in [1.165, 1.54) is 0 Å². The van der Waals surface area contributed by atoms with Crippen molar-refractivity contribution in [2.45, 2.75) is 65.5 Å². The summed E-state index contributed by atoms with van der Waals surface area (Å²) in [6.07, 6.45) is 1.37. The van der Waals surface area contributed by atoms with Gasteiger partial charge in [-0.25, -0.2) is 0 Å². The normalized spacial score (nSPS) is 22.9. The Morgan fingerprint density at radius 3 is 2.20 bits per heavy atom. The molecule has 20 heavy (non-hydrogen) atoms. The monoisotopic (exact) mass is 286 g/mol. The van der Waals surface area contributed by atoms with Crippen LogP contribution in [0.3, 0.4) is 0 Å². The van der Waals surface area contributed by atoms with E-state index in [9.17, 15) is 14.0 Å². The van der Waals surface area contributed by atoms with Crippen molar-refractivity contribution in [3.63, 3.8) is 0 Å². The maximum atomic E-state index is 12.7. The van der Waals surface area contributed by atoms with Crippen LogP contribution < -0.4 is 5.32 Å². The van der Waals surface area contributed by atoms with Crippen LogP contribution in [0.5, 0.6) is 0 Å². The highest BCUT2D eigenvalue weighted by Gasteiger charge is 2.52. The molecule has 0 aromatic carbocycles. The zero-order valence-corrected chi connectivity index (χ0v) is 13.3. The van der Waals surface area contributed by atoms with Gasteiger partial charge in [0, 0.05) is 6.54 Å². The van der Waals surface area contributed by atoms with Crippen molar-refractivity contribution in [1.82, 2.24) is 10.2 Å². The maximum absolute atomic E-state index is 12.7. The number of amides is 2. The van der Waals surface area contributed by atoms with E-state index in [-0.39, 0.29) is 23.7 Å². The zero-order valence-electron chi connectivity index (χ0n) is 13.3. The molecule has 5 heteroatoms. The van der Waals surface area contributed by atoms with E-state index >= 15 is 0 Å². The average Bonchev–Trinajstić information content (AvgIpc) is 2.38. The molecule has 0 aliphatic carbocycles. The second-order valence-corrected chi connectivity index (χ2v) is 6.54. The Balaban J connectivity index is 3.17. The largest absolute Gasteiger partial charge is 0.342 e. The summed E-state index contributed by atoms with van der Waals surface area (Å²) in [6, 6.07) is -0.541. The van der Waals surface area contributed by atoms with Crippen LogP contribution in [-0.2, 0) is 9.59 Å². The van der Waals surface area contributed by atoms with Gasteiger partial charge in [0.05, 0.1) is 6.67 Å². The highest BCUT2D eigenvalue weighted by Crippen LogP contribution is 2.33. The molecule has 1 N–H and O–H groups in total. The third-order valence-corrected chi connectivity index (χ3v) is 4.28. The van der Waals surface area contributed by atoms with E-state index in [1.807, 2.05) is 34.6 Å². The molecule has 1 fully saturated rings. The first-order valence-electron chi connectivity index (χ1n) is 7.43. The first kappa shape index (κ1) is 16.9. The summed E-state index contributed by atoms with van der Waals surface area (Å²) in [5.74, 6) is -0.199. The number of rotatable bonds is 5. The van der Waals surface area contributed by atoms with Crippen LogP contribution in [-0.4, -0.2) is 41.5 Å². The molecule has 0 saturated carbocycles. The average molecular weight is 286 g/mol. The summed E-state index contributed by atoms with van der Waals surface area (Å²) < 4.78 is 12.5. The molecule has 1 atom stereocenters. The molecule has 0 aromatic heterocycles. The van der Waals surface area contributed by atoms with Crippen molar-refractivity contribution in [3.05, 3.63) is 0 Å². The predicted molar refractivity (Wildman–Crippen MR) is 77.0 cm³/mol. The van der Waals surface area contributed by atoms with E-state index in [0.717, 1.165) is 0 Å². The smallest absolute Gasteiger partial charge is 0.246 e. The Kier molecular flexibility index (Phi) is 5.16. The number of carbonyl (C=O) groups excluding carboxylic acids is 2. The molecule has 0 bridgehead atoms. The Bertz CT molecular complexity index is 373. The molecular weight excluding hydrogens is 259 g/mol. The molecular formula is C15H27FN2O2. The van der Waals surface area contributed by atoms with Crippen molar-refractivity contribution in [2.24, 2.45) is 5.41 Å². The molecule has 1 rings (SSSR count). The number of nitrogens with one attached hydrogen (secondary N) is 1. The lowest BCUT2D eigenvalue weighted by atomic mass is 9.79. The Morgan fingerprint density at radius 1 is 1.25 bits per heavy atom. The Hall–Kier alpha value is -1.13. The van der Waals surface area contributed by atoms with Crippen LogP contribution in [0, 0.1) is 5.41 Å². The van der Waals surface area contributed by atoms with Gasteiger partial charge >= 0.3 is 0 Å². The first-order chi connectivity index (χ1) is 9.24. The minimum atomic E-state index is -0.825. The van der Waals surface area contributed by atoms with Crippen molar-refractivity contribution >= 4 is 11.8 Å². The fraction of sp³-hybridized carbons (Fsp3) is 0.867. The summed E-state index contributed by atoms with van der Waals surface area (Å²) >= 11 is 0. The molecule has 1 aliphatic heterocycles. The third kappa shape index (κ3) is 2.81. The van der Waals surface area contributed by atoms with Crippen LogP contribution in [0.25, 0.3) is 0 Å². The molecule has 0 radical (unpaired) electrons. The lowest BCUT2D eigenvalue weighted by Gasteiger charge is -2.50. The number of hydrogen-bond acceptors (Lipinski definition) is 2. The molecule has 1 saturated heterocycles. The molecule has 1 aliphatic rings.